The fourth-order valence-corrected chi connectivity index (χ4v) is 2.34. The molecule has 2 rings (SSSR count). The molecule has 2 heterocycles. The van der Waals surface area contributed by atoms with Crippen molar-refractivity contribution in [1.29, 1.82) is 0 Å². The average molecular weight is 238 g/mol. The predicted molar refractivity (Wildman–Crippen MR) is 65.8 cm³/mol. The maximum absolute atomic E-state index is 5.07. The summed E-state index contributed by atoms with van der Waals surface area (Å²) in [6.45, 7) is 7.20. The van der Waals surface area contributed by atoms with E-state index in [4.69, 9.17) is 4.74 Å². The summed E-state index contributed by atoms with van der Waals surface area (Å²) in [6, 6.07) is 0.340. The largest absolute Gasteiger partial charge is 0.385 e. The summed E-state index contributed by atoms with van der Waals surface area (Å²) in [7, 11) is 1.73. The van der Waals surface area contributed by atoms with Crippen LogP contribution in [0.2, 0.25) is 0 Å². The lowest BCUT2D eigenvalue weighted by Crippen LogP contribution is -2.37. The van der Waals surface area contributed by atoms with Gasteiger partial charge in [0.15, 0.2) is 5.82 Å². The number of aryl methyl sites for hydroxylation is 1. The Labute approximate surface area is 103 Å². The smallest absolute Gasteiger partial charge is 0.150 e. The molecule has 1 aliphatic rings. The molecule has 1 aliphatic heterocycles. The molecule has 1 unspecified atom stereocenters. The summed E-state index contributed by atoms with van der Waals surface area (Å²) in [5.41, 5.74) is 0. The quantitative estimate of drug-likeness (QED) is 0.782. The first kappa shape index (κ1) is 12.5. The number of hydrogen-bond donors (Lipinski definition) is 1. The number of rotatable bonds is 5. The fourth-order valence-electron chi connectivity index (χ4n) is 2.34. The Morgan fingerprint density at radius 3 is 3.00 bits per heavy atom. The van der Waals surface area contributed by atoms with Gasteiger partial charge in [0.1, 0.15) is 5.82 Å². The summed E-state index contributed by atoms with van der Waals surface area (Å²) >= 11 is 0. The number of hydrogen-bond acceptors (Lipinski definition) is 4. The predicted octanol–water partition coefficient (Wildman–Crippen LogP) is 1.16. The van der Waals surface area contributed by atoms with Crippen LogP contribution in [0.4, 0.5) is 0 Å². The zero-order chi connectivity index (χ0) is 12.3. The molecule has 0 fully saturated rings. The molecule has 96 valence electrons. The zero-order valence-electron chi connectivity index (χ0n) is 10.9. The van der Waals surface area contributed by atoms with Crippen molar-refractivity contribution in [3.8, 4) is 0 Å². The summed E-state index contributed by atoms with van der Waals surface area (Å²) in [6.07, 6.45) is 1.96. The van der Waals surface area contributed by atoms with Crippen LogP contribution in [0.15, 0.2) is 0 Å². The van der Waals surface area contributed by atoms with Crippen LogP contribution < -0.4 is 5.32 Å². The molecule has 0 bridgehead atoms. The van der Waals surface area contributed by atoms with E-state index in [9.17, 15) is 0 Å². The third-order valence-corrected chi connectivity index (χ3v) is 3.25. The summed E-state index contributed by atoms with van der Waals surface area (Å²) in [5, 5.41) is 12.2. The molecule has 0 spiro atoms. The maximum atomic E-state index is 5.07. The van der Waals surface area contributed by atoms with E-state index in [1.54, 1.807) is 7.11 Å². The van der Waals surface area contributed by atoms with E-state index in [0.29, 0.717) is 12.0 Å². The Kier molecular flexibility index (Phi) is 4.12. The molecule has 0 aliphatic carbocycles. The van der Waals surface area contributed by atoms with E-state index in [1.807, 2.05) is 0 Å². The normalized spacial score (nSPS) is 19.6. The highest BCUT2D eigenvalue weighted by Gasteiger charge is 2.26. The molecular weight excluding hydrogens is 216 g/mol. The van der Waals surface area contributed by atoms with Crippen LogP contribution in [0.3, 0.4) is 0 Å². The van der Waals surface area contributed by atoms with E-state index in [-0.39, 0.29) is 0 Å². The Morgan fingerprint density at radius 1 is 1.47 bits per heavy atom. The third kappa shape index (κ3) is 2.66. The van der Waals surface area contributed by atoms with Crippen LogP contribution in [0, 0.1) is 5.92 Å². The van der Waals surface area contributed by atoms with Gasteiger partial charge < -0.3 is 14.6 Å². The lowest BCUT2D eigenvalue weighted by Gasteiger charge is -2.27. The molecule has 17 heavy (non-hydrogen) atoms. The van der Waals surface area contributed by atoms with Gasteiger partial charge in [0, 0.05) is 33.2 Å². The summed E-state index contributed by atoms with van der Waals surface area (Å²) in [4.78, 5) is 0. The van der Waals surface area contributed by atoms with Crippen LogP contribution in [-0.2, 0) is 17.7 Å². The molecule has 5 heteroatoms. The first-order valence-corrected chi connectivity index (χ1v) is 6.38. The van der Waals surface area contributed by atoms with Crippen LogP contribution in [-0.4, -0.2) is 35.0 Å². The van der Waals surface area contributed by atoms with Gasteiger partial charge in [-0.3, -0.25) is 0 Å². The van der Waals surface area contributed by atoms with Crippen molar-refractivity contribution in [3.63, 3.8) is 0 Å². The van der Waals surface area contributed by atoms with E-state index < -0.39 is 0 Å². The molecule has 0 amide bonds. The average Bonchev–Trinajstić information content (AvgIpc) is 2.72. The number of methoxy groups -OCH3 is 1. The SMILES string of the molecule is COCCCc1nnc2n1CCNC2C(C)C. The monoisotopic (exact) mass is 238 g/mol. The van der Waals surface area contributed by atoms with Crippen molar-refractivity contribution >= 4 is 0 Å². The fraction of sp³-hybridized carbons (Fsp3) is 0.833. The Morgan fingerprint density at radius 2 is 2.29 bits per heavy atom. The molecule has 0 saturated heterocycles. The molecule has 0 radical (unpaired) electrons. The van der Waals surface area contributed by atoms with Crippen molar-refractivity contribution in [1.82, 2.24) is 20.1 Å². The highest BCUT2D eigenvalue weighted by molar-refractivity contribution is 5.05. The van der Waals surface area contributed by atoms with Gasteiger partial charge >= 0.3 is 0 Å². The van der Waals surface area contributed by atoms with E-state index in [0.717, 1.165) is 44.2 Å². The van der Waals surface area contributed by atoms with Gasteiger partial charge in [-0.05, 0) is 12.3 Å². The molecule has 1 aromatic rings. The van der Waals surface area contributed by atoms with Gasteiger partial charge in [0.25, 0.3) is 0 Å². The van der Waals surface area contributed by atoms with Crippen LogP contribution in [0.1, 0.15) is 38.0 Å². The Balaban J connectivity index is 2.11. The molecular formula is C12H22N4O. The first-order chi connectivity index (χ1) is 8.24. The standard InChI is InChI=1S/C12H22N4O/c1-9(2)11-12-15-14-10(5-4-8-17-3)16(12)7-6-13-11/h9,11,13H,4-8H2,1-3H3. The second kappa shape index (κ2) is 5.60. The van der Waals surface area contributed by atoms with Crippen LogP contribution in [0.25, 0.3) is 0 Å². The second-order valence-corrected chi connectivity index (χ2v) is 4.90. The zero-order valence-corrected chi connectivity index (χ0v) is 10.9. The van der Waals surface area contributed by atoms with Gasteiger partial charge in [0.05, 0.1) is 6.04 Å². The molecule has 1 N–H and O–H groups in total. The minimum Gasteiger partial charge on any atom is -0.385 e. The first-order valence-electron chi connectivity index (χ1n) is 6.38. The molecule has 0 saturated carbocycles. The van der Waals surface area contributed by atoms with Crippen molar-refractivity contribution in [3.05, 3.63) is 11.6 Å². The number of ether oxygens (including phenoxy) is 1. The van der Waals surface area contributed by atoms with E-state index in [1.165, 1.54) is 0 Å². The van der Waals surface area contributed by atoms with Crippen molar-refractivity contribution in [2.24, 2.45) is 5.92 Å². The molecule has 1 atom stereocenters. The van der Waals surface area contributed by atoms with Crippen molar-refractivity contribution in [2.75, 3.05) is 20.3 Å². The van der Waals surface area contributed by atoms with Gasteiger partial charge in [-0.1, -0.05) is 13.8 Å². The Bertz CT molecular complexity index is 361. The minimum absolute atomic E-state index is 0.340. The second-order valence-electron chi connectivity index (χ2n) is 4.90. The van der Waals surface area contributed by atoms with Crippen LogP contribution in [0.5, 0.6) is 0 Å². The number of nitrogens with one attached hydrogen (secondary N) is 1. The molecule has 0 aromatic carbocycles. The van der Waals surface area contributed by atoms with Crippen molar-refractivity contribution in [2.45, 2.75) is 39.3 Å². The van der Waals surface area contributed by atoms with Crippen LogP contribution >= 0.6 is 0 Å². The highest BCUT2D eigenvalue weighted by Crippen LogP contribution is 2.23. The Hall–Kier alpha value is -0.940. The van der Waals surface area contributed by atoms with Gasteiger partial charge in [-0.2, -0.15) is 0 Å². The summed E-state index contributed by atoms with van der Waals surface area (Å²) in [5.74, 6) is 2.74. The molecule has 1 aromatic heterocycles. The number of aromatic nitrogens is 3. The number of nitrogens with zero attached hydrogens (tertiary/aromatic N) is 3. The van der Waals surface area contributed by atoms with Gasteiger partial charge in [-0.25, -0.2) is 0 Å². The number of fused-ring (bicyclic) bond motifs is 1. The lowest BCUT2D eigenvalue weighted by molar-refractivity contribution is 0.194. The lowest BCUT2D eigenvalue weighted by atomic mass is 10.0. The third-order valence-electron chi connectivity index (χ3n) is 3.25. The molecule has 5 nitrogen and oxygen atoms in total. The maximum Gasteiger partial charge on any atom is 0.150 e. The van der Waals surface area contributed by atoms with Gasteiger partial charge in [0.2, 0.25) is 0 Å². The van der Waals surface area contributed by atoms with Crippen molar-refractivity contribution < 1.29 is 4.74 Å². The van der Waals surface area contributed by atoms with E-state index >= 15 is 0 Å². The van der Waals surface area contributed by atoms with Gasteiger partial charge in [-0.15, -0.1) is 10.2 Å². The highest BCUT2D eigenvalue weighted by atomic mass is 16.5. The topological polar surface area (TPSA) is 52.0 Å². The van der Waals surface area contributed by atoms with E-state index in [2.05, 4.69) is 33.9 Å². The minimum atomic E-state index is 0.340. The summed E-state index contributed by atoms with van der Waals surface area (Å²) < 4.78 is 7.35.